The highest BCUT2D eigenvalue weighted by molar-refractivity contribution is 5.00. The van der Waals surface area contributed by atoms with Crippen LogP contribution in [0.5, 0.6) is 0 Å². The maximum absolute atomic E-state index is 9.00. The van der Waals surface area contributed by atoms with E-state index in [1.54, 1.807) is 0 Å². The number of hydrogen-bond acceptors (Lipinski definition) is 3. The topological polar surface area (TPSA) is 50.1 Å². The Morgan fingerprint density at radius 3 is 2.84 bits per heavy atom. The summed E-state index contributed by atoms with van der Waals surface area (Å²) in [6.45, 7) is 6.32. The van der Waals surface area contributed by atoms with Crippen LogP contribution < -0.4 is 5.32 Å². The van der Waals surface area contributed by atoms with E-state index in [2.05, 4.69) is 41.2 Å². The molecule has 4 heteroatoms. The second-order valence-corrected chi connectivity index (χ2v) is 6.47. The highest BCUT2D eigenvalue weighted by Crippen LogP contribution is 2.28. The van der Waals surface area contributed by atoms with E-state index in [0.29, 0.717) is 6.04 Å². The fourth-order valence-electron chi connectivity index (χ4n) is 2.76. The molecule has 108 valence electrons. The molecule has 1 aromatic rings. The first kappa shape index (κ1) is 14.5. The molecule has 0 bridgehead atoms. The van der Waals surface area contributed by atoms with Gasteiger partial charge in [-0.05, 0) is 30.7 Å². The standard InChI is InChI=1S/C15H27N3O/c1-15(2,8-10-19)12-16-11-13-7-9-18(17-13)14-5-3-4-6-14/h7,9,14,16,19H,3-6,8,10-12H2,1-2H3. The molecule has 1 heterocycles. The Morgan fingerprint density at radius 1 is 1.42 bits per heavy atom. The molecule has 0 saturated heterocycles. The average Bonchev–Trinajstić information content (AvgIpc) is 2.98. The molecule has 0 amide bonds. The van der Waals surface area contributed by atoms with Crippen LogP contribution >= 0.6 is 0 Å². The lowest BCUT2D eigenvalue weighted by atomic mass is 9.90. The Balaban J connectivity index is 1.77. The second kappa shape index (κ2) is 6.53. The van der Waals surface area contributed by atoms with Crippen LogP contribution in [0.1, 0.15) is 57.7 Å². The number of aliphatic hydroxyl groups is 1. The van der Waals surface area contributed by atoms with Crippen LogP contribution in [0.4, 0.5) is 0 Å². The molecule has 0 aromatic carbocycles. The molecular weight excluding hydrogens is 238 g/mol. The second-order valence-electron chi connectivity index (χ2n) is 6.47. The molecule has 2 N–H and O–H groups in total. The highest BCUT2D eigenvalue weighted by atomic mass is 16.3. The van der Waals surface area contributed by atoms with Crippen molar-refractivity contribution in [1.29, 1.82) is 0 Å². The van der Waals surface area contributed by atoms with Gasteiger partial charge < -0.3 is 10.4 Å². The maximum atomic E-state index is 9.00. The SMILES string of the molecule is CC(C)(CCO)CNCc1ccn(C2CCCC2)n1. The van der Waals surface area contributed by atoms with Crippen LogP contribution in [0.2, 0.25) is 0 Å². The molecular formula is C15H27N3O. The third-order valence-electron chi connectivity index (χ3n) is 4.06. The predicted molar refractivity (Wildman–Crippen MR) is 76.9 cm³/mol. The van der Waals surface area contributed by atoms with Gasteiger partial charge in [0.05, 0.1) is 11.7 Å². The number of rotatable bonds is 7. The fraction of sp³-hybridized carbons (Fsp3) is 0.800. The van der Waals surface area contributed by atoms with Gasteiger partial charge in [-0.15, -0.1) is 0 Å². The van der Waals surface area contributed by atoms with Crippen molar-refractivity contribution in [1.82, 2.24) is 15.1 Å². The third-order valence-corrected chi connectivity index (χ3v) is 4.06. The molecule has 1 aromatic heterocycles. The maximum Gasteiger partial charge on any atom is 0.0762 e. The summed E-state index contributed by atoms with van der Waals surface area (Å²) in [6, 6.07) is 2.74. The summed E-state index contributed by atoms with van der Waals surface area (Å²) >= 11 is 0. The van der Waals surface area contributed by atoms with Crippen molar-refractivity contribution >= 4 is 0 Å². The van der Waals surface area contributed by atoms with Gasteiger partial charge in [-0.25, -0.2) is 0 Å². The van der Waals surface area contributed by atoms with Crippen LogP contribution in [0, 0.1) is 5.41 Å². The first-order valence-electron chi connectivity index (χ1n) is 7.46. The number of hydrogen-bond donors (Lipinski definition) is 2. The predicted octanol–water partition coefficient (Wildman–Crippen LogP) is 2.50. The quantitative estimate of drug-likeness (QED) is 0.796. The van der Waals surface area contributed by atoms with Gasteiger partial charge in [-0.2, -0.15) is 5.10 Å². The van der Waals surface area contributed by atoms with Gasteiger partial charge in [0.1, 0.15) is 0 Å². The van der Waals surface area contributed by atoms with Crippen molar-refractivity contribution < 1.29 is 5.11 Å². The number of nitrogens with zero attached hydrogens (tertiary/aromatic N) is 2. The lowest BCUT2D eigenvalue weighted by molar-refractivity contribution is 0.207. The monoisotopic (exact) mass is 265 g/mol. The van der Waals surface area contributed by atoms with Crippen LogP contribution in [-0.4, -0.2) is 28.0 Å². The molecule has 1 fully saturated rings. The summed E-state index contributed by atoms with van der Waals surface area (Å²) in [5, 5.41) is 17.1. The van der Waals surface area contributed by atoms with E-state index in [-0.39, 0.29) is 12.0 Å². The third kappa shape index (κ3) is 4.32. The Morgan fingerprint density at radius 2 is 2.16 bits per heavy atom. The van der Waals surface area contributed by atoms with Crippen molar-refractivity contribution in [3.63, 3.8) is 0 Å². The first-order valence-corrected chi connectivity index (χ1v) is 7.46. The Hall–Kier alpha value is -0.870. The number of aliphatic hydroxyl groups excluding tert-OH is 1. The van der Waals surface area contributed by atoms with E-state index in [4.69, 9.17) is 5.11 Å². The molecule has 1 saturated carbocycles. The minimum atomic E-state index is 0.142. The van der Waals surface area contributed by atoms with Gasteiger partial charge >= 0.3 is 0 Å². The van der Waals surface area contributed by atoms with Crippen molar-refractivity contribution in [2.75, 3.05) is 13.2 Å². The Bertz CT molecular complexity index is 380. The summed E-state index contributed by atoms with van der Waals surface area (Å²) in [6.07, 6.45) is 8.18. The number of aromatic nitrogens is 2. The molecule has 2 rings (SSSR count). The fourth-order valence-corrected chi connectivity index (χ4v) is 2.76. The van der Waals surface area contributed by atoms with E-state index >= 15 is 0 Å². The van der Waals surface area contributed by atoms with Gasteiger partial charge in [0.2, 0.25) is 0 Å². The smallest absolute Gasteiger partial charge is 0.0762 e. The molecule has 4 nitrogen and oxygen atoms in total. The van der Waals surface area contributed by atoms with Crippen molar-refractivity contribution in [2.24, 2.45) is 5.41 Å². The van der Waals surface area contributed by atoms with E-state index in [1.165, 1.54) is 25.7 Å². The highest BCUT2D eigenvalue weighted by Gasteiger charge is 2.18. The van der Waals surface area contributed by atoms with Crippen molar-refractivity contribution in [2.45, 2.75) is 58.5 Å². The summed E-state index contributed by atoms with van der Waals surface area (Å²) in [7, 11) is 0. The van der Waals surface area contributed by atoms with Crippen LogP contribution in [0.25, 0.3) is 0 Å². The average molecular weight is 265 g/mol. The van der Waals surface area contributed by atoms with E-state index < -0.39 is 0 Å². The molecule has 0 atom stereocenters. The molecule has 0 aliphatic heterocycles. The zero-order valence-electron chi connectivity index (χ0n) is 12.2. The first-order chi connectivity index (χ1) is 9.11. The summed E-state index contributed by atoms with van der Waals surface area (Å²) < 4.78 is 2.14. The van der Waals surface area contributed by atoms with Gasteiger partial charge in [0.15, 0.2) is 0 Å². The normalized spacial score (nSPS) is 17.2. The Kier molecular flexibility index (Phi) is 4.99. The molecule has 1 aliphatic rings. The van der Waals surface area contributed by atoms with Crippen LogP contribution in [0.3, 0.4) is 0 Å². The Labute approximate surface area is 116 Å². The van der Waals surface area contributed by atoms with Gasteiger partial charge in [-0.1, -0.05) is 26.7 Å². The van der Waals surface area contributed by atoms with E-state index in [0.717, 1.165) is 25.2 Å². The zero-order valence-corrected chi connectivity index (χ0v) is 12.2. The van der Waals surface area contributed by atoms with Crippen molar-refractivity contribution in [3.05, 3.63) is 18.0 Å². The zero-order chi connectivity index (χ0) is 13.7. The molecule has 0 unspecified atom stereocenters. The molecule has 0 radical (unpaired) electrons. The van der Waals surface area contributed by atoms with Crippen LogP contribution in [-0.2, 0) is 6.54 Å². The summed E-state index contributed by atoms with van der Waals surface area (Å²) in [5.74, 6) is 0. The summed E-state index contributed by atoms with van der Waals surface area (Å²) in [4.78, 5) is 0. The summed E-state index contributed by atoms with van der Waals surface area (Å²) in [5.41, 5.74) is 1.26. The van der Waals surface area contributed by atoms with Gasteiger partial charge in [-0.3, -0.25) is 4.68 Å². The van der Waals surface area contributed by atoms with Gasteiger partial charge in [0, 0.05) is 25.9 Å². The molecule has 0 spiro atoms. The van der Waals surface area contributed by atoms with Crippen LogP contribution in [0.15, 0.2) is 12.3 Å². The van der Waals surface area contributed by atoms with Gasteiger partial charge in [0.25, 0.3) is 0 Å². The lowest BCUT2D eigenvalue weighted by Crippen LogP contribution is -2.30. The molecule has 19 heavy (non-hydrogen) atoms. The lowest BCUT2D eigenvalue weighted by Gasteiger charge is -2.23. The van der Waals surface area contributed by atoms with E-state index in [9.17, 15) is 0 Å². The largest absolute Gasteiger partial charge is 0.396 e. The van der Waals surface area contributed by atoms with E-state index in [1.807, 2.05) is 0 Å². The van der Waals surface area contributed by atoms with Crippen molar-refractivity contribution in [3.8, 4) is 0 Å². The number of nitrogens with one attached hydrogen (secondary N) is 1. The molecule has 1 aliphatic carbocycles. The minimum Gasteiger partial charge on any atom is -0.396 e. The minimum absolute atomic E-state index is 0.142.